The molecule has 0 unspecified atom stereocenters. The Kier molecular flexibility index (Phi) is 3.22. The van der Waals surface area contributed by atoms with Crippen LogP contribution in [0, 0.1) is 0 Å². The second-order valence-corrected chi connectivity index (χ2v) is 3.81. The molecule has 1 aliphatic heterocycles. The van der Waals surface area contributed by atoms with Gasteiger partial charge in [0.05, 0.1) is 12.7 Å². The van der Waals surface area contributed by atoms with Crippen molar-refractivity contribution < 1.29 is 14.7 Å². The zero-order valence-corrected chi connectivity index (χ0v) is 9.17. The second-order valence-electron chi connectivity index (χ2n) is 3.81. The van der Waals surface area contributed by atoms with Crippen LogP contribution < -0.4 is 5.32 Å². The first-order valence-corrected chi connectivity index (χ1v) is 5.29. The molecule has 2 amide bonds. The maximum absolute atomic E-state index is 11.4. The lowest BCUT2D eigenvalue weighted by atomic mass is 10.3. The van der Waals surface area contributed by atoms with E-state index in [1.54, 1.807) is 4.90 Å². The van der Waals surface area contributed by atoms with E-state index in [-0.39, 0.29) is 12.6 Å². The van der Waals surface area contributed by atoms with Crippen molar-refractivity contribution in [3.05, 3.63) is 11.9 Å². The number of aromatic nitrogens is 3. The summed E-state index contributed by atoms with van der Waals surface area (Å²) in [5, 5.41) is 18.8. The molecule has 0 bridgehead atoms. The zero-order valence-electron chi connectivity index (χ0n) is 9.17. The number of carbonyl (C=O) groups excluding carboxylic acids is 1. The molecule has 0 atom stereocenters. The number of hydrogen-bond acceptors (Lipinski definition) is 4. The Bertz CT molecular complexity index is 430. The van der Waals surface area contributed by atoms with E-state index >= 15 is 0 Å². The van der Waals surface area contributed by atoms with E-state index in [4.69, 9.17) is 5.11 Å². The Morgan fingerprint density at radius 2 is 2.41 bits per heavy atom. The Morgan fingerprint density at radius 3 is 3.12 bits per heavy atom. The van der Waals surface area contributed by atoms with Gasteiger partial charge in [-0.25, -0.2) is 9.48 Å². The molecule has 8 heteroatoms. The number of carbonyl (C=O) groups is 2. The summed E-state index contributed by atoms with van der Waals surface area (Å²) < 4.78 is 1.24. The molecule has 17 heavy (non-hydrogen) atoms. The van der Waals surface area contributed by atoms with Crippen LogP contribution in [0.15, 0.2) is 6.20 Å². The van der Waals surface area contributed by atoms with Crippen molar-refractivity contribution >= 4 is 12.0 Å². The van der Waals surface area contributed by atoms with Crippen LogP contribution in [-0.4, -0.2) is 50.1 Å². The molecular weight excluding hydrogens is 226 g/mol. The zero-order chi connectivity index (χ0) is 12.3. The van der Waals surface area contributed by atoms with Gasteiger partial charge in [0, 0.05) is 13.1 Å². The maximum Gasteiger partial charge on any atom is 0.325 e. The van der Waals surface area contributed by atoms with Crippen molar-refractivity contribution in [2.45, 2.75) is 19.5 Å². The van der Waals surface area contributed by atoms with Gasteiger partial charge in [-0.1, -0.05) is 5.21 Å². The average Bonchev–Trinajstić information content (AvgIpc) is 2.68. The molecule has 92 valence electrons. The largest absolute Gasteiger partial charge is 0.480 e. The molecule has 2 heterocycles. The highest BCUT2D eigenvalue weighted by Gasteiger charge is 2.18. The highest BCUT2D eigenvalue weighted by molar-refractivity contribution is 5.74. The lowest BCUT2D eigenvalue weighted by Crippen LogP contribution is -2.45. The summed E-state index contributed by atoms with van der Waals surface area (Å²) in [7, 11) is 0. The number of amides is 2. The minimum atomic E-state index is -0.975. The van der Waals surface area contributed by atoms with Crippen molar-refractivity contribution in [1.29, 1.82) is 0 Å². The SMILES string of the molecule is O=C(O)Cn1cc(CN2CCCNC2=O)nn1. The van der Waals surface area contributed by atoms with Gasteiger partial charge in [0.2, 0.25) is 0 Å². The first kappa shape index (κ1) is 11.4. The van der Waals surface area contributed by atoms with Crippen LogP contribution in [0.2, 0.25) is 0 Å². The third-order valence-electron chi connectivity index (χ3n) is 2.40. The average molecular weight is 239 g/mol. The van der Waals surface area contributed by atoms with Gasteiger partial charge in [-0.05, 0) is 6.42 Å². The molecule has 8 nitrogen and oxygen atoms in total. The van der Waals surface area contributed by atoms with Crippen molar-refractivity contribution in [2.75, 3.05) is 13.1 Å². The molecule has 0 radical (unpaired) electrons. The van der Waals surface area contributed by atoms with Crippen LogP contribution in [0.4, 0.5) is 4.79 Å². The number of nitrogens with one attached hydrogen (secondary N) is 1. The van der Waals surface area contributed by atoms with Gasteiger partial charge in [0.1, 0.15) is 12.2 Å². The van der Waals surface area contributed by atoms with Crippen molar-refractivity contribution in [1.82, 2.24) is 25.2 Å². The van der Waals surface area contributed by atoms with Crippen molar-refractivity contribution in [3.8, 4) is 0 Å². The third-order valence-corrected chi connectivity index (χ3v) is 2.40. The molecule has 0 saturated carbocycles. The van der Waals surface area contributed by atoms with Gasteiger partial charge in [0.15, 0.2) is 0 Å². The van der Waals surface area contributed by atoms with Crippen molar-refractivity contribution in [2.24, 2.45) is 0 Å². The van der Waals surface area contributed by atoms with Crippen LogP contribution >= 0.6 is 0 Å². The van der Waals surface area contributed by atoms with Gasteiger partial charge in [-0.3, -0.25) is 4.79 Å². The Balaban J connectivity index is 1.96. The fraction of sp³-hybridized carbons (Fsp3) is 0.556. The number of carboxylic acid groups (broad SMARTS) is 1. The summed E-state index contributed by atoms with van der Waals surface area (Å²) in [6, 6.07) is -0.121. The molecule has 1 aromatic rings. The molecule has 1 fully saturated rings. The molecule has 1 aromatic heterocycles. The Labute approximate surface area is 97.2 Å². The molecule has 1 aliphatic rings. The number of aliphatic carboxylic acids is 1. The lowest BCUT2D eigenvalue weighted by Gasteiger charge is -2.26. The highest BCUT2D eigenvalue weighted by Crippen LogP contribution is 2.05. The van der Waals surface area contributed by atoms with Crippen LogP contribution in [0.3, 0.4) is 0 Å². The summed E-state index contributed by atoms with van der Waals surface area (Å²) in [4.78, 5) is 23.5. The summed E-state index contributed by atoms with van der Waals surface area (Å²) in [6.07, 6.45) is 2.44. The van der Waals surface area contributed by atoms with Gasteiger partial charge in [-0.15, -0.1) is 5.10 Å². The van der Waals surface area contributed by atoms with E-state index in [1.807, 2.05) is 0 Å². The van der Waals surface area contributed by atoms with E-state index in [1.165, 1.54) is 10.9 Å². The molecule has 0 spiro atoms. The molecule has 1 saturated heterocycles. The Morgan fingerprint density at radius 1 is 1.59 bits per heavy atom. The van der Waals surface area contributed by atoms with Crippen LogP contribution in [0.5, 0.6) is 0 Å². The monoisotopic (exact) mass is 239 g/mol. The minimum absolute atomic E-state index is 0.121. The number of urea groups is 1. The quantitative estimate of drug-likeness (QED) is 0.722. The van der Waals surface area contributed by atoms with Crippen LogP contribution in [0.1, 0.15) is 12.1 Å². The van der Waals surface area contributed by atoms with E-state index in [0.717, 1.165) is 6.42 Å². The van der Waals surface area contributed by atoms with Gasteiger partial charge >= 0.3 is 12.0 Å². The predicted molar refractivity (Wildman–Crippen MR) is 56.1 cm³/mol. The van der Waals surface area contributed by atoms with Crippen molar-refractivity contribution in [3.63, 3.8) is 0 Å². The lowest BCUT2D eigenvalue weighted by molar-refractivity contribution is -0.137. The number of hydrogen-bond donors (Lipinski definition) is 2. The van der Waals surface area contributed by atoms with E-state index in [9.17, 15) is 9.59 Å². The summed E-state index contributed by atoms with van der Waals surface area (Å²) >= 11 is 0. The van der Waals surface area contributed by atoms with Crippen LogP contribution in [-0.2, 0) is 17.9 Å². The number of carboxylic acids is 1. The molecular formula is C9H13N5O3. The van der Waals surface area contributed by atoms with Crippen LogP contribution in [0.25, 0.3) is 0 Å². The summed E-state index contributed by atoms with van der Waals surface area (Å²) in [5.41, 5.74) is 0.586. The van der Waals surface area contributed by atoms with E-state index < -0.39 is 5.97 Å². The fourth-order valence-corrected chi connectivity index (χ4v) is 1.65. The van der Waals surface area contributed by atoms with Gasteiger partial charge < -0.3 is 15.3 Å². The highest BCUT2D eigenvalue weighted by atomic mass is 16.4. The topological polar surface area (TPSA) is 100 Å². The first-order valence-electron chi connectivity index (χ1n) is 5.29. The van der Waals surface area contributed by atoms with Gasteiger partial charge in [-0.2, -0.15) is 0 Å². The van der Waals surface area contributed by atoms with E-state index in [2.05, 4.69) is 15.6 Å². The van der Waals surface area contributed by atoms with Gasteiger partial charge in [0.25, 0.3) is 0 Å². The third kappa shape index (κ3) is 2.92. The Hall–Kier alpha value is -2.12. The second kappa shape index (κ2) is 4.81. The minimum Gasteiger partial charge on any atom is -0.480 e. The normalized spacial score (nSPS) is 15.8. The molecule has 0 aromatic carbocycles. The smallest absolute Gasteiger partial charge is 0.325 e. The van der Waals surface area contributed by atoms with E-state index in [0.29, 0.717) is 25.3 Å². The predicted octanol–water partition coefficient (Wildman–Crippen LogP) is -0.722. The maximum atomic E-state index is 11.4. The number of nitrogens with zero attached hydrogens (tertiary/aromatic N) is 4. The number of rotatable bonds is 4. The molecule has 2 N–H and O–H groups in total. The fourth-order valence-electron chi connectivity index (χ4n) is 1.65. The molecule has 0 aliphatic carbocycles. The summed E-state index contributed by atoms with van der Waals surface area (Å²) in [5.74, 6) is -0.975. The summed E-state index contributed by atoms with van der Waals surface area (Å²) in [6.45, 7) is 1.50. The first-order chi connectivity index (χ1) is 8.15. The standard InChI is InChI=1S/C9H13N5O3/c15-8(16)6-14-5-7(11-12-14)4-13-3-1-2-10-9(13)17/h5H,1-4,6H2,(H,10,17)(H,15,16). The molecule has 2 rings (SSSR count).